The molecule has 0 aliphatic carbocycles. The fourth-order valence-electron chi connectivity index (χ4n) is 2.02. The summed E-state index contributed by atoms with van der Waals surface area (Å²) in [6, 6.07) is 9.77. The maximum atomic E-state index is 12.5. The number of nitriles is 1. The largest absolute Gasteiger partial charge is 0.463 e. The Labute approximate surface area is 128 Å². The van der Waals surface area contributed by atoms with E-state index in [1.807, 2.05) is 6.07 Å². The Balaban J connectivity index is 1.88. The average molecular weight is 318 g/mol. The number of hydrogen-bond donors (Lipinski definition) is 2. The lowest BCUT2D eigenvalue weighted by Gasteiger charge is -2.08. The van der Waals surface area contributed by atoms with Gasteiger partial charge in [-0.3, -0.25) is 5.10 Å². The lowest BCUT2D eigenvalue weighted by molar-refractivity contribution is -0.137. The Morgan fingerprint density at radius 2 is 1.91 bits per heavy atom. The van der Waals surface area contributed by atoms with Crippen LogP contribution in [0.15, 0.2) is 47.1 Å². The minimum Gasteiger partial charge on any atom is -0.463 e. The lowest BCUT2D eigenvalue weighted by atomic mass is 10.2. The van der Waals surface area contributed by atoms with Gasteiger partial charge in [0.1, 0.15) is 17.3 Å². The summed E-state index contributed by atoms with van der Waals surface area (Å²) in [5.74, 6) is 0.646. The van der Waals surface area contributed by atoms with Crippen LogP contribution in [0.1, 0.15) is 11.1 Å². The van der Waals surface area contributed by atoms with Gasteiger partial charge in [0.2, 0.25) is 0 Å². The third kappa shape index (κ3) is 2.89. The molecule has 8 heteroatoms. The van der Waals surface area contributed by atoms with Crippen molar-refractivity contribution in [1.82, 2.24) is 10.2 Å². The smallest absolute Gasteiger partial charge is 0.416 e. The summed E-state index contributed by atoms with van der Waals surface area (Å²) in [6.07, 6.45) is -2.94. The van der Waals surface area contributed by atoms with Crippen molar-refractivity contribution in [3.8, 4) is 17.5 Å². The van der Waals surface area contributed by atoms with E-state index in [4.69, 9.17) is 4.42 Å². The molecule has 0 spiro atoms. The summed E-state index contributed by atoms with van der Waals surface area (Å²) < 4.78 is 42.8. The Hall–Kier alpha value is -3.21. The number of alkyl halides is 3. The summed E-state index contributed by atoms with van der Waals surface area (Å²) in [6.45, 7) is 0. The van der Waals surface area contributed by atoms with Gasteiger partial charge < -0.3 is 9.73 Å². The molecule has 2 N–H and O–H groups in total. The van der Waals surface area contributed by atoms with Crippen molar-refractivity contribution < 1.29 is 17.6 Å². The van der Waals surface area contributed by atoms with Crippen molar-refractivity contribution in [2.24, 2.45) is 0 Å². The Bertz CT molecular complexity index is 842. The first-order valence-corrected chi connectivity index (χ1v) is 6.45. The molecule has 0 bridgehead atoms. The van der Waals surface area contributed by atoms with Gasteiger partial charge in [-0.2, -0.15) is 23.5 Å². The molecule has 0 aliphatic heterocycles. The molecular formula is C15H9F3N4O. The highest BCUT2D eigenvalue weighted by atomic mass is 19.4. The number of H-pyrrole nitrogens is 1. The summed E-state index contributed by atoms with van der Waals surface area (Å²) in [5.41, 5.74) is 0.237. The third-order valence-electron chi connectivity index (χ3n) is 3.12. The molecule has 1 aromatic carbocycles. The molecule has 0 unspecified atom stereocenters. The van der Waals surface area contributed by atoms with E-state index in [0.29, 0.717) is 17.1 Å². The highest BCUT2D eigenvalue weighted by molar-refractivity contribution is 5.73. The van der Waals surface area contributed by atoms with Crippen LogP contribution >= 0.6 is 0 Å². The van der Waals surface area contributed by atoms with E-state index in [-0.39, 0.29) is 11.4 Å². The number of benzene rings is 1. The molecule has 0 amide bonds. The Morgan fingerprint density at radius 3 is 2.48 bits per heavy atom. The second kappa shape index (κ2) is 5.53. The molecule has 2 heterocycles. The van der Waals surface area contributed by atoms with E-state index >= 15 is 0 Å². The monoisotopic (exact) mass is 318 g/mol. The first-order valence-electron chi connectivity index (χ1n) is 6.45. The molecule has 0 radical (unpaired) electrons. The molecule has 0 saturated carbocycles. The molecule has 23 heavy (non-hydrogen) atoms. The Morgan fingerprint density at radius 1 is 1.17 bits per heavy atom. The third-order valence-corrected chi connectivity index (χ3v) is 3.12. The van der Waals surface area contributed by atoms with Crippen molar-refractivity contribution in [2.45, 2.75) is 6.18 Å². The predicted molar refractivity (Wildman–Crippen MR) is 75.7 cm³/mol. The normalized spacial score (nSPS) is 11.2. The Kier molecular flexibility index (Phi) is 3.54. The van der Waals surface area contributed by atoms with Gasteiger partial charge in [0, 0.05) is 5.69 Å². The number of aromatic amines is 1. The summed E-state index contributed by atoms with van der Waals surface area (Å²) in [5, 5.41) is 18.7. The van der Waals surface area contributed by atoms with Crippen LogP contribution in [-0.2, 0) is 6.18 Å². The van der Waals surface area contributed by atoms with Gasteiger partial charge in [-0.1, -0.05) is 0 Å². The van der Waals surface area contributed by atoms with Crippen molar-refractivity contribution >= 4 is 11.5 Å². The second-order valence-corrected chi connectivity index (χ2v) is 4.61. The molecule has 3 aromatic rings. The average Bonchev–Trinajstić information content (AvgIpc) is 3.15. The number of nitrogens with zero attached hydrogens (tertiary/aromatic N) is 2. The van der Waals surface area contributed by atoms with Gasteiger partial charge in [-0.05, 0) is 36.4 Å². The lowest BCUT2D eigenvalue weighted by Crippen LogP contribution is -2.04. The van der Waals surface area contributed by atoms with Crippen LogP contribution in [0.5, 0.6) is 0 Å². The van der Waals surface area contributed by atoms with Gasteiger partial charge in [0.15, 0.2) is 11.6 Å². The first-order chi connectivity index (χ1) is 11.0. The number of rotatable bonds is 3. The van der Waals surface area contributed by atoms with Gasteiger partial charge in [-0.15, -0.1) is 0 Å². The number of aromatic nitrogens is 2. The number of halogens is 3. The van der Waals surface area contributed by atoms with Crippen LogP contribution in [0.4, 0.5) is 24.7 Å². The molecular weight excluding hydrogens is 309 g/mol. The minimum absolute atomic E-state index is 0.207. The van der Waals surface area contributed by atoms with Crippen LogP contribution in [0.3, 0.4) is 0 Å². The van der Waals surface area contributed by atoms with E-state index in [9.17, 15) is 18.4 Å². The quantitative estimate of drug-likeness (QED) is 0.754. The van der Waals surface area contributed by atoms with E-state index in [2.05, 4.69) is 15.5 Å². The van der Waals surface area contributed by atoms with Crippen LogP contribution in [-0.4, -0.2) is 10.2 Å². The van der Waals surface area contributed by atoms with Crippen LogP contribution in [0.2, 0.25) is 0 Å². The molecule has 2 aromatic heterocycles. The first kappa shape index (κ1) is 14.7. The molecule has 5 nitrogen and oxygen atoms in total. The topological polar surface area (TPSA) is 77.6 Å². The van der Waals surface area contributed by atoms with Crippen LogP contribution in [0, 0.1) is 11.3 Å². The predicted octanol–water partition coefficient (Wildman–Crippen LogP) is 4.30. The fourth-order valence-corrected chi connectivity index (χ4v) is 2.02. The van der Waals surface area contributed by atoms with Gasteiger partial charge in [0.25, 0.3) is 0 Å². The summed E-state index contributed by atoms with van der Waals surface area (Å²) in [7, 11) is 0. The summed E-state index contributed by atoms with van der Waals surface area (Å²) in [4.78, 5) is 0. The molecule has 0 aliphatic rings. The zero-order chi connectivity index (χ0) is 16.4. The van der Waals surface area contributed by atoms with Crippen molar-refractivity contribution in [1.29, 1.82) is 5.26 Å². The fraction of sp³-hybridized carbons (Fsp3) is 0.0667. The zero-order valence-electron chi connectivity index (χ0n) is 11.5. The summed E-state index contributed by atoms with van der Waals surface area (Å²) >= 11 is 0. The van der Waals surface area contributed by atoms with Crippen LogP contribution in [0.25, 0.3) is 11.5 Å². The molecule has 0 saturated heterocycles. The highest BCUT2D eigenvalue weighted by Gasteiger charge is 2.30. The molecule has 0 atom stereocenters. The van der Waals surface area contributed by atoms with E-state index in [0.717, 1.165) is 12.1 Å². The standard InChI is InChI=1S/C15H9F3N4O/c16-15(17,18)9-3-5-10(6-4-9)20-14-11(8-19)13(21-22-14)12-2-1-7-23-12/h1-7H,(H2,20,21,22). The van der Waals surface area contributed by atoms with E-state index in [1.165, 1.54) is 18.4 Å². The number of anilines is 2. The number of hydrogen-bond acceptors (Lipinski definition) is 4. The van der Waals surface area contributed by atoms with E-state index in [1.54, 1.807) is 12.1 Å². The molecule has 116 valence electrons. The van der Waals surface area contributed by atoms with Gasteiger partial charge >= 0.3 is 6.18 Å². The molecule has 0 fully saturated rings. The molecule has 3 rings (SSSR count). The van der Waals surface area contributed by atoms with Crippen LogP contribution < -0.4 is 5.32 Å². The van der Waals surface area contributed by atoms with Crippen molar-refractivity contribution in [3.05, 3.63) is 53.8 Å². The maximum absolute atomic E-state index is 12.5. The van der Waals surface area contributed by atoms with Gasteiger partial charge in [-0.25, -0.2) is 0 Å². The van der Waals surface area contributed by atoms with Crippen molar-refractivity contribution in [2.75, 3.05) is 5.32 Å². The van der Waals surface area contributed by atoms with Gasteiger partial charge in [0.05, 0.1) is 11.8 Å². The maximum Gasteiger partial charge on any atom is 0.416 e. The minimum atomic E-state index is -4.39. The second-order valence-electron chi connectivity index (χ2n) is 4.61. The highest BCUT2D eigenvalue weighted by Crippen LogP contribution is 2.31. The number of nitrogens with one attached hydrogen (secondary N) is 2. The number of furan rings is 1. The zero-order valence-corrected chi connectivity index (χ0v) is 11.5. The van der Waals surface area contributed by atoms with Crippen molar-refractivity contribution in [3.63, 3.8) is 0 Å². The van der Waals surface area contributed by atoms with E-state index < -0.39 is 11.7 Å². The SMILES string of the molecule is N#Cc1c(Nc2ccc(C(F)(F)F)cc2)n[nH]c1-c1ccco1.